The van der Waals surface area contributed by atoms with Crippen LogP contribution < -0.4 is 19.9 Å². The average molecular weight is 402 g/mol. The number of benzene rings is 2. The molecule has 2 N–H and O–H groups in total. The summed E-state index contributed by atoms with van der Waals surface area (Å²) in [5.74, 6) is 1.38. The fourth-order valence-electron chi connectivity index (χ4n) is 3.73. The first-order valence-corrected chi connectivity index (χ1v) is 9.62. The summed E-state index contributed by atoms with van der Waals surface area (Å²) < 4.78 is 18.7. The minimum atomic E-state index is -0.430. The Morgan fingerprint density at radius 3 is 2.63 bits per heavy atom. The lowest BCUT2D eigenvalue weighted by Gasteiger charge is -2.25. The summed E-state index contributed by atoms with van der Waals surface area (Å²) in [5.41, 5.74) is 9.76. The van der Waals surface area contributed by atoms with Crippen molar-refractivity contribution in [3.63, 3.8) is 0 Å². The van der Waals surface area contributed by atoms with Crippen LogP contribution in [0.4, 0.5) is 0 Å². The van der Waals surface area contributed by atoms with Crippen LogP contribution in [0, 0.1) is 18.3 Å². The van der Waals surface area contributed by atoms with Crippen molar-refractivity contribution in [2.24, 2.45) is 5.73 Å². The molecule has 2 aromatic carbocycles. The van der Waals surface area contributed by atoms with Gasteiger partial charge in [0.15, 0.2) is 11.5 Å². The highest BCUT2D eigenvalue weighted by Crippen LogP contribution is 2.46. The molecular formula is C23H22N4O3. The third-order valence-electron chi connectivity index (χ3n) is 5.05. The highest BCUT2D eigenvalue weighted by molar-refractivity contribution is 5.59. The van der Waals surface area contributed by atoms with Crippen LogP contribution in [0.25, 0.3) is 5.69 Å². The number of rotatable bonds is 5. The molecule has 30 heavy (non-hydrogen) atoms. The Hall–Kier alpha value is -3.92. The van der Waals surface area contributed by atoms with Gasteiger partial charge in [0.2, 0.25) is 11.8 Å². The van der Waals surface area contributed by atoms with Crippen molar-refractivity contribution < 1.29 is 14.2 Å². The van der Waals surface area contributed by atoms with Crippen molar-refractivity contribution in [2.45, 2.75) is 19.8 Å². The molecule has 0 bridgehead atoms. The monoisotopic (exact) mass is 402 g/mol. The van der Waals surface area contributed by atoms with Gasteiger partial charge in [-0.2, -0.15) is 10.4 Å². The highest BCUT2D eigenvalue weighted by atomic mass is 16.5. The van der Waals surface area contributed by atoms with Gasteiger partial charge in [0, 0.05) is 0 Å². The summed E-state index contributed by atoms with van der Waals surface area (Å²) in [6, 6.07) is 17.5. The molecule has 0 unspecified atom stereocenters. The molecule has 0 amide bonds. The SMILES string of the molecule is CCOc1ccc([C@@H]2C(C#N)=C(N)Oc3c2c(C)nn3-c2ccccc2)cc1OC. The molecule has 0 saturated carbocycles. The van der Waals surface area contributed by atoms with E-state index in [4.69, 9.17) is 19.9 Å². The Kier molecular flexibility index (Phi) is 5.07. The van der Waals surface area contributed by atoms with E-state index in [2.05, 4.69) is 11.2 Å². The Labute approximate surface area is 174 Å². The van der Waals surface area contributed by atoms with Crippen molar-refractivity contribution in [3.8, 4) is 29.1 Å². The van der Waals surface area contributed by atoms with Crippen molar-refractivity contribution in [1.82, 2.24) is 9.78 Å². The molecule has 0 spiro atoms. The molecule has 1 aromatic heterocycles. The maximum absolute atomic E-state index is 9.85. The van der Waals surface area contributed by atoms with E-state index in [9.17, 15) is 5.26 Å². The molecule has 152 valence electrons. The number of hydrogen-bond donors (Lipinski definition) is 1. The number of aromatic nitrogens is 2. The number of fused-ring (bicyclic) bond motifs is 1. The zero-order chi connectivity index (χ0) is 21.3. The molecule has 0 fully saturated rings. The average Bonchev–Trinajstić information content (AvgIpc) is 3.09. The number of aryl methyl sites for hydroxylation is 1. The number of methoxy groups -OCH3 is 1. The van der Waals surface area contributed by atoms with E-state index in [1.165, 1.54) is 0 Å². The summed E-state index contributed by atoms with van der Waals surface area (Å²) in [6.07, 6.45) is 0. The lowest BCUT2D eigenvalue weighted by atomic mass is 9.84. The van der Waals surface area contributed by atoms with Gasteiger partial charge in [-0.25, -0.2) is 4.68 Å². The van der Waals surface area contributed by atoms with Gasteiger partial charge in [-0.15, -0.1) is 0 Å². The van der Waals surface area contributed by atoms with Gasteiger partial charge in [-0.05, 0) is 43.7 Å². The van der Waals surface area contributed by atoms with Crippen LogP contribution in [0.2, 0.25) is 0 Å². The second-order valence-corrected chi connectivity index (χ2v) is 6.82. The molecule has 4 rings (SSSR count). The zero-order valence-corrected chi connectivity index (χ0v) is 17.0. The van der Waals surface area contributed by atoms with E-state index in [0.29, 0.717) is 29.6 Å². The van der Waals surface area contributed by atoms with E-state index in [0.717, 1.165) is 22.5 Å². The van der Waals surface area contributed by atoms with Crippen molar-refractivity contribution >= 4 is 0 Å². The number of para-hydroxylation sites is 1. The van der Waals surface area contributed by atoms with Crippen molar-refractivity contribution in [1.29, 1.82) is 5.26 Å². The molecule has 1 aliphatic rings. The third kappa shape index (κ3) is 3.12. The first-order chi connectivity index (χ1) is 14.6. The Morgan fingerprint density at radius 2 is 1.97 bits per heavy atom. The van der Waals surface area contributed by atoms with Crippen LogP contribution in [0.3, 0.4) is 0 Å². The van der Waals surface area contributed by atoms with E-state index in [-0.39, 0.29) is 5.88 Å². The van der Waals surface area contributed by atoms with E-state index >= 15 is 0 Å². The fourth-order valence-corrected chi connectivity index (χ4v) is 3.73. The predicted octanol–water partition coefficient (Wildman–Crippen LogP) is 3.81. The lowest BCUT2D eigenvalue weighted by Crippen LogP contribution is -2.22. The van der Waals surface area contributed by atoms with Crippen molar-refractivity contribution in [3.05, 3.63) is 76.8 Å². The summed E-state index contributed by atoms with van der Waals surface area (Å²) in [5, 5.41) is 14.5. The van der Waals surface area contributed by atoms with Crippen LogP contribution in [-0.2, 0) is 0 Å². The molecule has 7 heteroatoms. The van der Waals surface area contributed by atoms with Crippen molar-refractivity contribution in [2.75, 3.05) is 13.7 Å². The van der Waals surface area contributed by atoms with Crippen LogP contribution in [-0.4, -0.2) is 23.5 Å². The van der Waals surface area contributed by atoms with E-state index < -0.39 is 5.92 Å². The van der Waals surface area contributed by atoms with Crippen LogP contribution in [0.15, 0.2) is 60.0 Å². The smallest absolute Gasteiger partial charge is 0.229 e. The molecular weight excluding hydrogens is 380 g/mol. The summed E-state index contributed by atoms with van der Waals surface area (Å²) in [4.78, 5) is 0. The molecule has 3 aromatic rings. The lowest BCUT2D eigenvalue weighted by molar-refractivity contribution is 0.310. The number of ether oxygens (including phenoxy) is 3. The molecule has 0 aliphatic carbocycles. The second-order valence-electron chi connectivity index (χ2n) is 6.82. The zero-order valence-electron chi connectivity index (χ0n) is 17.0. The number of nitrogens with zero attached hydrogens (tertiary/aromatic N) is 3. The molecule has 0 saturated heterocycles. The summed E-state index contributed by atoms with van der Waals surface area (Å²) in [7, 11) is 1.59. The Bertz CT molecular complexity index is 1160. The van der Waals surface area contributed by atoms with E-state index in [1.54, 1.807) is 11.8 Å². The fraction of sp³-hybridized carbons (Fsp3) is 0.217. The maximum atomic E-state index is 9.85. The Balaban J connectivity index is 1.91. The van der Waals surface area contributed by atoms with Gasteiger partial charge in [0.1, 0.15) is 11.6 Å². The minimum Gasteiger partial charge on any atom is -0.493 e. The van der Waals surface area contributed by atoms with Gasteiger partial charge < -0.3 is 19.9 Å². The Morgan fingerprint density at radius 1 is 1.20 bits per heavy atom. The third-order valence-corrected chi connectivity index (χ3v) is 5.05. The second kappa shape index (κ2) is 7.84. The molecule has 7 nitrogen and oxygen atoms in total. The molecule has 1 atom stereocenters. The van der Waals surface area contributed by atoms with Gasteiger partial charge in [0.25, 0.3) is 0 Å². The number of allylic oxidation sites excluding steroid dienone is 1. The predicted molar refractivity (Wildman–Crippen MR) is 112 cm³/mol. The summed E-state index contributed by atoms with van der Waals surface area (Å²) in [6.45, 7) is 4.34. The van der Waals surface area contributed by atoms with Gasteiger partial charge in [0.05, 0.1) is 36.6 Å². The quantitative estimate of drug-likeness (QED) is 0.697. The summed E-state index contributed by atoms with van der Waals surface area (Å²) >= 11 is 0. The minimum absolute atomic E-state index is 0.0694. The first-order valence-electron chi connectivity index (χ1n) is 9.62. The standard InChI is InChI=1S/C23H22N4O3/c1-4-29-18-11-10-15(12-19(18)28-3)21-17(13-24)22(25)30-23-20(21)14(2)26-27(23)16-8-6-5-7-9-16/h5-12,21H,4,25H2,1-3H3/t21-/m1/s1. The van der Waals surface area contributed by atoms with Crippen LogP contribution >= 0.6 is 0 Å². The normalized spacial score (nSPS) is 15.2. The van der Waals surface area contributed by atoms with Crippen LogP contribution in [0.5, 0.6) is 17.4 Å². The van der Waals surface area contributed by atoms with E-state index in [1.807, 2.05) is 62.4 Å². The largest absolute Gasteiger partial charge is 0.493 e. The number of hydrogen-bond acceptors (Lipinski definition) is 6. The van der Waals surface area contributed by atoms with Gasteiger partial charge >= 0.3 is 0 Å². The first kappa shape index (κ1) is 19.4. The van der Waals surface area contributed by atoms with Gasteiger partial charge in [-0.1, -0.05) is 24.3 Å². The highest BCUT2D eigenvalue weighted by Gasteiger charge is 2.36. The number of nitrogens with two attached hydrogens (primary N) is 1. The molecule has 0 radical (unpaired) electrons. The number of nitriles is 1. The van der Waals surface area contributed by atoms with Crippen LogP contribution in [0.1, 0.15) is 29.7 Å². The molecule has 2 heterocycles. The molecule has 1 aliphatic heterocycles. The topological polar surface area (TPSA) is 95.3 Å². The maximum Gasteiger partial charge on any atom is 0.229 e. The van der Waals surface area contributed by atoms with Gasteiger partial charge in [-0.3, -0.25) is 0 Å².